The fourth-order valence-corrected chi connectivity index (χ4v) is 1.36. The molecule has 0 aliphatic rings. The zero-order chi connectivity index (χ0) is 11.8. The molecule has 0 bridgehead atoms. The molecule has 8 heteroatoms. The summed E-state index contributed by atoms with van der Waals surface area (Å²) in [6.07, 6.45) is 3.53. The van der Waals surface area contributed by atoms with Gasteiger partial charge in [0.15, 0.2) is 0 Å². The smallest absolute Gasteiger partial charge is 0.326 e. The highest BCUT2D eigenvalue weighted by Crippen LogP contribution is 2.18. The van der Waals surface area contributed by atoms with Gasteiger partial charge in [-0.25, -0.2) is 0 Å². The van der Waals surface area contributed by atoms with E-state index in [4.69, 9.17) is 4.42 Å². The van der Waals surface area contributed by atoms with Crippen LogP contribution in [0.5, 0.6) is 0 Å². The van der Waals surface area contributed by atoms with Crippen LogP contribution in [0.25, 0.3) is 17.6 Å². The van der Waals surface area contributed by atoms with Gasteiger partial charge < -0.3 is 9.62 Å². The molecule has 8 nitrogen and oxygen atoms in total. The lowest BCUT2D eigenvalue weighted by atomic mass is 10.3. The molecule has 0 aliphatic carbocycles. The van der Waals surface area contributed by atoms with Crippen LogP contribution in [0.2, 0.25) is 0 Å². The molecule has 0 N–H and O–H groups in total. The van der Waals surface area contributed by atoms with E-state index >= 15 is 0 Å². The van der Waals surface area contributed by atoms with Gasteiger partial charge in [-0.1, -0.05) is 5.10 Å². The van der Waals surface area contributed by atoms with Crippen molar-refractivity contribution in [3.63, 3.8) is 0 Å². The predicted octanol–water partition coefficient (Wildman–Crippen LogP) is 0.457. The van der Waals surface area contributed by atoms with Gasteiger partial charge in [0.05, 0.1) is 5.16 Å². The standard InChI is InChI=1S/C9H7N5O3/c1-6-7(12-17-14(6)15)8-10-11-9(16-8)13-4-2-3-5-13/h2-5H,1H3. The molecule has 3 rings (SSSR count). The van der Waals surface area contributed by atoms with Crippen molar-refractivity contribution >= 4 is 0 Å². The van der Waals surface area contributed by atoms with Crippen molar-refractivity contribution in [3.05, 3.63) is 35.4 Å². The minimum Gasteiger partial charge on any atom is -0.399 e. The molecule has 0 saturated carbocycles. The Balaban J connectivity index is 2.04. The molecule has 17 heavy (non-hydrogen) atoms. The van der Waals surface area contributed by atoms with Gasteiger partial charge in [-0.2, -0.15) is 0 Å². The molecule has 0 aromatic carbocycles. The van der Waals surface area contributed by atoms with Crippen LogP contribution in [-0.4, -0.2) is 19.9 Å². The Bertz CT molecular complexity index is 639. The van der Waals surface area contributed by atoms with Crippen LogP contribution in [0.4, 0.5) is 0 Å². The van der Waals surface area contributed by atoms with E-state index in [2.05, 4.69) is 20.0 Å². The van der Waals surface area contributed by atoms with E-state index in [0.29, 0.717) is 6.01 Å². The lowest BCUT2D eigenvalue weighted by Gasteiger charge is -1.90. The van der Waals surface area contributed by atoms with E-state index < -0.39 is 0 Å². The topological polar surface area (TPSA) is 96.8 Å². The third-order valence-corrected chi connectivity index (χ3v) is 2.27. The summed E-state index contributed by atoms with van der Waals surface area (Å²) in [5.41, 5.74) is 0.513. The minimum atomic E-state index is 0.143. The number of hydrogen-bond donors (Lipinski definition) is 0. The van der Waals surface area contributed by atoms with E-state index in [1.54, 1.807) is 23.9 Å². The van der Waals surface area contributed by atoms with Crippen molar-refractivity contribution in [2.45, 2.75) is 6.92 Å². The molecule has 3 heterocycles. The first-order valence-electron chi connectivity index (χ1n) is 4.79. The number of aromatic nitrogens is 5. The average molecular weight is 233 g/mol. The lowest BCUT2D eigenvalue weighted by molar-refractivity contribution is -0.806. The largest absolute Gasteiger partial charge is 0.399 e. The van der Waals surface area contributed by atoms with Crippen molar-refractivity contribution in [1.29, 1.82) is 0 Å². The van der Waals surface area contributed by atoms with Gasteiger partial charge in [0, 0.05) is 19.3 Å². The van der Waals surface area contributed by atoms with Gasteiger partial charge in [0.1, 0.15) is 0 Å². The number of rotatable bonds is 2. The van der Waals surface area contributed by atoms with E-state index in [9.17, 15) is 5.21 Å². The molecule has 0 radical (unpaired) electrons. The summed E-state index contributed by atoms with van der Waals surface area (Å²) in [5, 5.41) is 22.2. The van der Waals surface area contributed by atoms with Crippen LogP contribution in [0.3, 0.4) is 0 Å². The summed E-state index contributed by atoms with van der Waals surface area (Å²) in [6, 6.07) is 3.96. The summed E-state index contributed by atoms with van der Waals surface area (Å²) in [6.45, 7) is 1.55. The maximum atomic E-state index is 11.0. The van der Waals surface area contributed by atoms with Gasteiger partial charge in [-0.05, 0) is 17.0 Å². The first-order valence-corrected chi connectivity index (χ1v) is 4.79. The second kappa shape index (κ2) is 3.44. The van der Waals surface area contributed by atoms with Crippen LogP contribution >= 0.6 is 0 Å². The van der Waals surface area contributed by atoms with E-state index in [1.807, 2.05) is 12.1 Å². The Morgan fingerprint density at radius 1 is 1.29 bits per heavy atom. The molecule has 0 unspecified atom stereocenters. The second-order valence-corrected chi connectivity index (χ2v) is 3.34. The zero-order valence-electron chi connectivity index (χ0n) is 8.77. The summed E-state index contributed by atoms with van der Waals surface area (Å²) in [5.74, 6) is 0.143. The van der Waals surface area contributed by atoms with Crippen LogP contribution in [0.1, 0.15) is 5.69 Å². The van der Waals surface area contributed by atoms with Crippen LogP contribution < -0.4 is 4.90 Å². The summed E-state index contributed by atoms with van der Waals surface area (Å²) in [4.78, 5) is 0.287. The van der Waals surface area contributed by atoms with Crippen molar-refractivity contribution in [1.82, 2.24) is 19.9 Å². The maximum absolute atomic E-state index is 11.0. The van der Waals surface area contributed by atoms with Gasteiger partial charge >= 0.3 is 11.7 Å². The van der Waals surface area contributed by atoms with Gasteiger partial charge in [-0.15, -0.1) is 5.10 Å². The zero-order valence-corrected chi connectivity index (χ0v) is 8.77. The Hall–Kier alpha value is -2.64. The van der Waals surface area contributed by atoms with Gasteiger partial charge in [0.25, 0.3) is 5.89 Å². The highest BCUT2D eigenvalue weighted by Gasteiger charge is 2.23. The lowest BCUT2D eigenvalue weighted by Crippen LogP contribution is -2.25. The van der Waals surface area contributed by atoms with E-state index in [0.717, 1.165) is 0 Å². The Morgan fingerprint density at radius 2 is 2.06 bits per heavy atom. The van der Waals surface area contributed by atoms with Crippen LogP contribution in [0, 0.1) is 12.1 Å². The third kappa shape index (κ3) is 1.46. The van der Waals surface area contributed by atoms with Crippen molar-refractivity contribution < 1.29 is 13.9 Å². The highest BCUT2D eigenvalue weighted by molar-refractivity contribution is 5.47. The number of hydrogen-bond acceptors (Lipinski definition) is 6. The molecule has 0 aliphatic heterocycles. The van der Waals surface area contributed by atoms with Gasteiger partial charge in [-0.3, -0.25) is 9.20 Å². The Kier molecular flexibility index (Phi) is 1.94. The first kappa shape index (κ1) is 9.58. The minimum absolute atomic E-state index is 0.143. The highest BCUT2D eigenvalue weighted by atomic mass is 16.8. The summed E-state index contributed by atoms with van der Waals surface area (Å²) < 4.78 is 11.5. The maximum Gasteiger partial charge on any atom is 0.326 e. The third-order valence-electron chi connectivity index (χ3n) is 2.27. The fraction of sp³-hybridized carbons (Fsp3) is 0.111. The SMILES string of the molecule is Cc1c(-c2nnc(-n3cccc3)o2)no[n+]1[O-]. The predicted molar refractivity (Wildman–Crippen MR) is 52.8 cm³/mol. The fourth-order valence-electron chi connectivity index (χ4n) is 1.36. The van der Waals surface area contributed by atoms with Crippen molar-refractivity contribution in [2.75, 3.05) is 0 Å². The van der Waals surface area contributed by atoms with Crippen molar-refractivity contribution in [3.8, 4) is 17.6 Å². The number of nitrogens with zero attached hydrogens (tertiary/aromatic N) is 5. The molecule has 3 aromatic rings. The molecular weight excluding hydrogens is 226 g/mol. The average Bonchev–Trinajstić information content (AvgIpc) is 3.01. The Morgan fingerprint density at radius 3 is 2.71 bits per heavy atom. The molecule has 3 aromatic heterocycles. The van der Waals surface area contributed by atoms with Gasteiger partial charge in [0.2, 0.25) is 5.69 Å². The second-order valence-electron chi connectivity index (χ2n) is 3.34. The molecular formula is C9H7N5O3. The summed E-state index contributed by atoms with van der Waals surface area (Å²) >= 11 is 0. The molecule has 0 spiro atoms. The van der Waals surface area contributed by atoms with Crippen LogP contribution in [-0.2, 0) is 0 Å². The van der Waals surface area contributed by atoms with E-state index in [1.165, 1.54) is 0 Å². The first-order chi connectivity index (χ1) is 8.25. The molecule has 0 atom stereocenters. The van der Waals surface area contributed by atoms with Crippen LogP contribution in [0.15, 0.2) is 33.6 Å². The monoisotopic (exact) mass is 233 g/mol. The normalized spacial score (nSPS) is 10.9. The summed E-state index contributed by atoms with van der Waals surface area (Å²) in [7, 11) is 0. The van der Waals surface area contributed by atoms with E-state index in [-0.39, 0.29) is 22.2 Å². The molecule has 0 amide bonds. The molecule has 0 saturated heterocycles. The molecule has 86 valence electrons. The quantitative estimate of drug-likeness (QED) is 0.596. The van der Waals surface area contributed by atoms with Crippen molar-refractivity contribution in [2.24, 2.45) is 0 Å². The molecule has 0 fully saturated rings. The Labute approximate surface area is 94.6 Å².